The van der Waals surface area contributed by atoms with Gasteiger partial charge in [-0.25, -0.2) is 0 Å². The van der Waals surface area contributed by atoms with Crippen molar-refractivity contribution in [2.24, 2.45) is 4.99 Å². The molecule has 0 radical (unpaired) electrons. The Bertz CT molecular complexity index is 529. The van der Waals surface area contributed by atoms with Crippen LogP contribution in [0, 0.1) is 0 Å². The third kappa shape index (κ3) is 4.61. The molecule has 1 aromatic carbocycles. The second-order valence-electron chi connectivity index (χ2n) is 5.81. The molecule has 6 nitrogen and oxygen atoms in total. The van der Waals surface area contributed by atoms with E-state index in [0.29, 0.717) is 44.3 Å². The van der Waals surface area contributed by atoms with Crippen LogP contribution in [0.4, 0.5) is 0 Å². The number of aliphatic imine (C=N–C) groups is 1. The summed E-state index contributed by atoms with van der Waals surface area (Å²) in [5.41, 5.74) is 0.616. The molecule has 1 aliphatic rings. The molecule has 0 atom stereocenters. The van der Waals surface area contributed by atoms with Crippen LogP contribution >= 0.6 is 0 Å². The van der Waals surface area contributed by atoms with E-state index in [-0.39, 0.29) is 11.3 Å². The summed E-state index contributed by atoms with van der Waals surface area (Å²) in [6, 6.07) is 5.23. The summed E-state index contributed by atoms with van der Waals surface area (Å²) in [7, 11) is 1.63. The van der Waals surface area contributed by atoms with Crippen LogP contribution in [0.1, 0.15) is 19.4 Å². The summed E-state index contributed by atoms with van der Waals surface area (Å²) < 4.78 is 15.7. The quantitative estimate of drug-likeness (QED) is 0.713. The number of hydrogen-bond acceptors (Lipinski definition) is 6. The van der Waals surface area contributed by atoms with Gasteiger partial charge >= 0.3 is 0 Å². The van der Waals surface area contributed by atoms with E-state index in [4.69, 9.17) is 14.2 Å². The van der Waals surface area contributed by atoms with E-state index in [1.165, 1.54) is 0 Å². The SMILES string of the molecule is COCCOCCOc1ccc(C2=NCC(C)(C)N2)c(O)c1. The zero-order valence-corrected chi connectivity index (χ0v) is 13.4. The molecule has 2 rings (SSSR count). The lowest BCUT2D eigenvalue weighted by Crippen LogP contribution is -2.39. The highest BCUT2D eigenvalue weighted by atomic mass is 16.5. The van der Waals surface area contributed by atoms with Crippen molar-refractivity contribution in [2.45, 2.75) is 19.4 Å². The lowest BCUT2D eigenvalue weighted by Gasteiger charge is -2.18. The number of rotatable bonds is 8. The van der Waals surface area contributed by atoms with Crippen LogP contribution < -0.4 is 10.1 Å². The van der Waals surface area contributed by atoms with Crippen molar-refractivity contribution >= 4 is 5.84 Å². The van der Waals surface area contributed by atoms with E-state index in [0.717, 1.165) is 5.84 Å². The van der Waals surface area contributed by atoms with Crippen molar-refractivity contribution < 1.29 is 19.3 Å². The van der Waals surface area contributed by atoms with Gasteiger partial charge in [-0.1, -0.05) is 0 Å². The minimum Gasteiger partial charge on any atom is -0.507 e. The first-order chi connectivity index (χ1) is 10.5. The molecule has 0 unspecified atom stereocenters. The van der Waals surface area contributed by atoms with E-state index < -0.39 is 0 Å². The number of nitrogens with one attached hydrogen (secondary N) is 1. The Balaban J connectivity index is 1.85. The van der Waals surface area contributed by atoms with Crippen LogP contribution in [0.15, 0.2) is 23.2 Å². The lowest BCUT2D eigenvalue weighted by atomic mass is 10.1. The highest BCUT2D eigenvalue weighted by Gasteiger charge is 2.26. The maximum absolute atomic E-state index is 10.1. The summed E-state index contributed by atoms with van der Waals surface area (Å²) in [6.45, 7) is 6.86. The summed E-state index contributed by atoms with van der Waals surface area (Å²) in [5.74, 6) is 1.48. The van der Waals surface area contributed by atoms with Gasteiger partial charge in [-0.05, 0) is 26.0 Å². The summed E-state index contributed by atoms with van der Waals surface area (Å²) in [6.07, 6.45) is 0. The molecule has 122 valence electrons. The fourth-order valence-corrected chi connectivity index (χ4v) is 2.09. The van der Waals surface area contributed by atoms with Crippen LogP contribution in [-0.4, -0.2) is 56.6 Å². The van der Waals surface area contributed by atoms with E-state index in [1.807, 2.05) is 12.1 Å². The normalized spacial score (nSPS) is 16.2. The van der Waals surface area contributed by atoms with Gasteiger partial charge in [0.15, 0.2) is 0 Å². The maximum atomic E-state index is 10.1. The van der Waals surface area contributed by atoms with Crippen molar-refractivity contribution in [1.82, 2.24) is 5.32 Å². The summed E-state index contributed by atoms with van der Waals surface area (Å²) in [5, 5.41) is 13.4. The third-order valence-electron chi connectivity index (χ3n) is 3.24. The van der Waals surface area contributed by atoms with E-state index in [1.54, 1.807) is 13.2 Å². The molecule has 0 aromatic heterocycles. The van der Waals surface area contributed by atoms with Crippen molar-refractivity contribution in [3.63, 3.8) is 0 Å². The van der Waals surface area contributed by atoms with Crippen LogP contribution in [0.2, 0.25) is 0 Å². The molecule has 0 saturated heterocycles. The van der Waals surface area contributed by atoms with Crippen LogP contribution in [0.5, 0.6) is 11.5 Å². The van der Waals surface area contributed by atoms with Crippen molar-refractivity contribution in [3.05, 3.63) is 23.8 Å². The number of amidine groups is 1. The van der Waals surface area contributed by atoms with Gasteiger partial charge in [-0.15, -0.1) is 0 Å². The monoisotopic (exact) mass is 308 g/mol. The van der Waals surface area contributed by atoms with Gasteiger partial charge < -0.3 is 24.6 Å². The van der Waals surface area contributed by atoms with Gasteiger partial charge in [0.1, 0.15) is 23.9 Å². The zero-order valence-electron chi connectivity index (χ0n) is 13.4. The molecule has 0 spiro atoms. The Kier molecular flexibility index (Phi) is 5.63. The Morgan fingerprint density at radius 2 is 2.00 bits per heavy atom. The smallest absolute Gasteiger partial charge is 0.132 e. The molecule has 0 fully saturated rings. The van der Waals surface area contributed by atoms with Crippen LogP contribution in [0.25, 0.3) is 0 Å². The van der Waals surface area contributed by atoms with Crippen LogP contribution in [0.3, 0.4) is 0 Å². The van der Waals surface area contributed by atoms with Crippen LogP contribution in [-0.2, 0) is 9.47 Å². The minimum atomic E-state index is -0.0729. The zero-order chi connectivity index (χ0) is 16.0. The second kappa shape index (κ2) is 7.47. The fourth-order valence-electron chi connectivity index (χ4n) is 2.09. The van der Waals surface area contributed by atoms with Gasteiger partial charge in [0.25, 0.3) is 0 Å². The molecular weight excluding hydrogens is 284 g/mol. The second-order valence-corrected chi connectivity index (χ2v) is 5.81. The summed E-state index contributed by atoms with van der Waals surface area (Å²) in [4.78, 5) is 4.43. The molecule has 2 N–H and O–H groups in total. The maximum Gasteiger partial charge on any atom is 0.132 e. The Morgan fingerprint density at radius 3 is 2.64 bits per heavy atom. The van der Waals surface area contributed by atoms with Gasteiger partial charge in [-0.3, -0.25) is 4.99 Å². The number of aromatic hydroxyl groups is 1. The van der Waals surface area contributed by atoms with Gasteiger partial charge in [0.2, 0.25) is 0 Å². The van der Waals surface area contributed by atoms with Crippen molar-refractivity contribution in [2.75, 3.05) is 40.1 Å². The molecule has 22 heavy (non-hydrogen) atoms. The number of ether oxygens (including phenoxy) is 3. The first kappa shape index (κ1) is 16.6. The minimum absolute atomic E-state index is 0.0729. The number of methoxy groups -OCH3 is 1. The predicted octanol–water partition coefficient (Wildman–Crippen LogP) is 1.56. The Labute approximate surface area is 131 Å². The van der Waals surface area contributed by atoms with Gasteiger partial charge in [-0.2, -0.15) is 0 Å². The molecule has 6 heteroatoms. The molecule has 0 aliphatic carbocycles. The topological polar surface area (TPSA) is 72.3 Å². The number of benzene rings is 1. The molecule has 1 aromatic rings. The molecule has 1 heterocycles. The van der Waals surface area contributed by atoms with Gasteiger partial charge in [0, 0.05) is 13.2 Å². The van der Waals surface area contributed by atoms with E-state index in [2.05, 4.69) is 24.2 Å². The highest BCUT2D eigenvalue weighted by molar-refractivity contribution is 6.02. The Morgan fingerprint density at radius 1 is 1.23 bits per heavy atom. The average Bonchev–Trinajstić information content (AvgIpc) is 2.83. The molecular formula is C16H24N2O4. The van der Waals surface area contributed by atoms with Gasteiger partial charge in [0.05, 0.1) is 37.5 Å². The molecule has 0 amide bonds. The third-order valence-corrected chi connectivity index (χ3v) is 3.24. The largest absolute Gasteiger partial charge is 0.507 e. The number of nitrogens with zero attached hydrogens (tertiary/aromatic N) is 1. The summed E-state index contributed by atoms with van der Waals surface area (Å²) >= 11 is 0. The standard InChI is InChI=1S/C16H24N2O4/c1-16(2)11-17-15(18-16)13-5-4-12(10-14(13)19)22-9-8-21-7-6-20-3/h4-5,10,19H,6-9,11H2,1-3H3,(H,17,18). The fraction of sp³-hybridized carbons (Fsp3) is 0.562. The van der Waals surface area contributed by atoms with Crippen molar-refractivity contribution in [1.29, 1.82) is 0 Å². The highest BCUT2D eigenvalue weighted by Crippen LogP contribution is 2.26. The molecule has 1 aliphatic heterocycles. The molecule has 0 bridgehead atoms. The average molecular weight is 308 g/mol. The number of phenols is 1. The first-order valence-electron chi connectivity index (χ1n) is 7.37. The first-order valence-corrected chi connectivity index (χ1v) is 7.37. The lowest BCUT2D eigenvalue weighted by molar-refractivity contribution is 0.0544. The van der Waals surface area contributed by atoms with E-state index in [9.17, 15) is 5.11 Å². The van der Waals surface area contributed by atoms with Crippen molar-refractivity contribution in [3.8, 4) is 11.5 Å². The molecule has 0 saturated carbocycles. The Hall–Kier alpha value is -1.79. The van der Waals surface area contributed by atoms with E-state index >= 15 is 0 Å². The predicted molar refractivity (Wildman–Crippen MR) is 84.9 cm³/mol. The number of phenolic OH excluding ortho intramolecular Hbond substituents is 1. The number of hydrogen-bond donors (Lipinski definition) is 2.